The molecule has 1 aromatic heterocycles. The Kier molecular flexibility index (Phi) is 3.34. The smallest absolute Gasteiger partial charge is 0.151 e. The number of aldehydes is 1. The first kappa shape index (κ1) is 12.4. The van der Waals surface area contributed by atoms with Crippen LogP contribution in [0.4, 0.5) is 0 Å². The van der Waals surface area contributed by atoms with Gasteiger partial charge < -0.3 is 0 Å². The van der Waals surface area contributed by atoms with Gasteiger partial charge in [-0.25, -0.2) is 0 Å². The third-order valence-electron chi connectivity index (χ3n) is 3.74. The van der Waals surface area contributed by atoms with E-state index in [0.717, 1.165) is 36.8 Å². The lowest BCUT2D eigenvalue weighted by molar-refractivity contribution is 0.112. The molecule has 0 amide bonds. The van der Waals surface area contributed by atoms with Crippen molar-refractivity contribution in [2.24, 2.45) is 0 Å². The van der Waals surface area contributed by atoms with E-state index >= 15 is 0 Å². The minimum atomic E-state index is 0.279. The molecule has 3 rings (SSSR count). The topological polar surface area (TPSA) is 30.0 Å². The molecule has 0 N–H and O–H groups in total. The minimum absolute atomic E-state index is 0.279. The van der Waals surface area contributed by atoms with Crippen LogP contribution in [0.5, 0.6) is 0 Å². The van der Waals surface area contributed by atoms with E-state index in [1.54, 1.807) is 6.07 Å². The van der Waals surface area contributed by atoms with Crippen LogP contribution in [0.15, 0.2) is 36.5 Å². The normalized spacial score (nSPS) is 17.8. The number of rotatable bonds is 2. The molecular weight excluding hydrogens is 258 g/mol. The van der Waals surface area contributed by atoms with Crippen molar-refractivity contribution < 1.29 is 4.79 Å². The second-order valence-corrected chi connectivity index (χ2v) is 5.30. The largest absolute Gasteiger partial charge is 0.298 e. The van der Waals surface area contributed by atoms with Crippen molar-refractivity contribution in [2.75, 3.05) is 0 Å². The number of aromatic nitrogens is 1. The molecule has 1 aromatic carbocycles. The fourth-order valence-corrected chi connectivity index (χ4v) is 2.97. The van der Waals surface area contributed by atoms with Gasteiger partial charge in [-0.2, -0.15) is 0 Å². The Morgan fingerprint density at radius 3 is 3.05 bits per heavy atom. The van der Waals surface area contributed by atoms with E-state index in [-0.39, 0.29) is 5.92 Å². The molecule has 1 heterocycles. The standard InChI is InChI=1S/C16H14ClNO/c17-15-7-6-12(9-13(15)10-19)14-5-1-3-11-4-2-8-18-16(11)14/h2,4,6-10,14H,1,3,5H2. The molecule has 1 unspecified atom stereocenters. The van der Waals surface area contributed by atoms with Gasteiger partial charge in [-0.05, 0) is 48.6 Å². The molecule has 0 saturated heterocycles. The molecule has 0 aliphatic heterocycles. The minimum Gasteiger partial charge on any atom is -0.298 e. The van der Waals surface area contributed by atoms with Crippen molar-refractivity contribution in [3.05, 3.63) is 63.9 Å². The molecule has 0 bridgehead atoms. The number of nitrogens with zero attached hydrogens (tertiary/aromatic N) is 1. The van der Waals surface area contributed by atoms with E-state index < -0.39 is 0 Å². The molecule has 0 radical (unpaired) electrons. The Balaban J connectivity index is 2.06. The number of aryl methyl sites for hydroxylation is 1. The SMILES string of the molecule is O=Cc1cc(C2CCCc3cccnc32)ccc1Cl. The van der Waals surface area contributed by atoms with Gasteiger partial charge in [0.2, 0.25) is 0 Å². The highest BCUT2D eigenvalue weighted by Crippen LogP contribution is 2.36. The fourth-order valence-electron chi connectivity index (χ4n) is 2.80. The van der Waals surface area contributed by atoms with E-state index in [9.17, 15) is 4.79 Å². The number of hydrogen-bond donors (Lipinski definition) is 0. The van der Waals surface area contributed by atoms with Gasteiger partial charge in [0.1, 0.15) is 0 Å². The predicted octanol–water partition coefficient (Wildman–Crippen LogP) is 4.02. The first-order valence-corrected chi connectivity index (χ1v) is 6.86. The number of halogens is 1. The van der Waals surface area contributed by atoms with Crippen LogP contribution in [0.25, 0.3) is 0 Å². The molecule has 2 nitrogen and oxygen atoms in total. The van der Waals surface area contributed by atoms with Gasteiger partial charge >= 0.3 is 0 Å². The summed E-state index contributed by atoms with van der Waals surface area (Å²) in [5.41, 5.74) is 4.16. The van der Waals surface area contributed by atoms with Gasteiger partial charge in [0, 0.05) is 17.7 Å². The zero-order valence-corrected chi connectivity index (χ0v) is 11.2. The molecule has 19 heavy (non-hydrogen) atoms. The predicted molar refractivity (Wildman–Crippen MR) is 75.9 cm³/mol. The van der Waals surface area contributed by atoms with E-state index in [1.807, 2.05) is 24.4 Å². The maximum Gasteiger partial charge on any atom is 0.151 e. The van der Waals surface area contributed by atoms with Crippen molar-refractivity contribution in [2.45, 2.75) is 25.2 Å². The summed E-state index contributed by atoms with van der Waals surface area (Å²) in [5, 5.41) is 0.510. The van der Waals surface area contributed by atoms with E-state index in [2.05, 4.69) is 11.1 Å². The van der Waals surface area contributed by atoms with Gasteiger partial charge in [0.25, 0.3) is 0 Å². The number of benzene rings is 1. The number of carbonyl (C=O) groups excluding carboxylic acids is 1. The Morgan fingerprint density at radius 2 is 2.21 bits per heavy atom. The van der Waals surface area contributed by atoms with Crippen LogP contribution in [0.1, 0.15) is 45.9 Å². The summed E-state index contributed by atoms with van der Waals surface area (Å²) in [6.07, 6.45) is 5.97. The van der Waals surface area contributed by atoms with Gasteiger partial charge in [-0.1, -0.05) is 23.7 Å². The van der Waals surface area contributed by atoms with Crippen molar-refractivity contribution in [1.29, 1.82) is 0 Å². The molecule has 1 aliphatic carbocycles. The van der Waals surface area contributed by atoms with Gasteiger partial charge in [0.05, 0.1) is 10.7 Å². The van der Waals surface area contributed by atoms with Crippen LogP contribution in [0.2, 0.25) is 5.02 Å². The third kappa shape index (κ3) is 2.28. The van der Waals surface area contributed by atoms with Gasteiger partial charge in [-0.3, -0.25) is 9.78 Å². The highest BCUT2D eigenvalue weighted by molar-refractivity contribution is 6.32. The maximum atomic E-state index is 11.0. The van der Waals surface area contributed by atoms with E-state index in [4.69, 9.17) is 11.6 Å². The third-order valence-corrected chi connectivity index (χ3v) is 4.09. The van der Waals surface area contributed by atoms with E-state index in [0.29, 0.717) is 10.6 Å². The summed E-state index contributed by atoms with van der Waals surface area (Å²) in [4.78, 5) is 15.5. The first-order chi connectivity index (χ1) is 9.29. The van der Waals surface area contributed by atoms with Gasteiger partial charge in [0.15, 0.2) is 6.29 Å². The number of carbonyl (C=O) groups is 1. The average molecular weight is 272 g/mol. The Hall–Kier alpha value is -1.67. The summed E-state index contributed by atoms with van der Waals surface area (Å²) in [5.74, 6) is 0.279. The van der Waals surface area contributed by atoms with Crippen LogP contribution in [-0.4, -0.2) is 11.3 Å². The monoisotopic (exact) mass is 271 g/mol. The van der Waals surface area contributed by atoms with Crippen LogP contribution in [-0.2, 0) is 6.42 Å². The van der Waals surface area contributed by atoms with Gasteiger partial charge in [-0.15, -0.1) is 0 Å². The summed E-state index contributed by atoms with van der Waals surface area (Å²) in [6.45, 7) is 0. The lowest BCUT2D eigenvalue weighted by Gasteiger charge is -2.24. The molecule has 1 atom stereocenters. The Morgan fingerprint density at radius 1 is 1.32 bits per heavy atom. The van der Waals surface area contributed by atoms with Crippen molar-refractivity contribution in [3.8, 4) is 0 Å². The highest BCUT2D eigenvalue weighted by Gasteiger charge is 2.23. The molecule has 1 aliphatic rings. The molecule has 0 saturated carbocycles. The number of fused-ring (bicyclic) bond motifs is 1. The molecule has 2 aromatic rings. The van der Waals surface area contributed by atoms with Crippen molar-refractivity contribution >= 4 is 17.9 Å². The quantitative estimate of drug-likeness (QED) is 0.773. The summed E-state index contributed by atoms with van der Waals surface area (Å²) in [6, 6.07) is 9.83. The van der Waals surface area contributed by atoms with Crippen LogP contribution >= 0.6 is 11.6 Å². The first-order valence-electron chi connectivity index (χ1n) is 6.48. The van der Waals surface area contributed by atoms with Crippen LogP contribution in [0, 0.1) is 0 Å². The molecular formula is C16H14ClNO. The van der Waals surface area contributed by atoms with Crippen molar-refractivity contribution in [1.82, 2.24) is 4.98 Å². The summed E-state index contributed by atoms with van der Waals surface area (Å²) >= 11 is 5.99. The maximum absolute atomic E-state index is 11.0. The molecule has 3 heteroatoms. The number of hydrogen-bond acceptors (Lipinski definition) is 2. The summed E-state index contributed by atoms with van der Waals surface area (Å²) in [7, 11) is 0. The Bertz CT molecular complexity index is 624. The lowest BCUT2D eigenvalue weighted by Crippen LogP contribution is -2.13. The van der Waals surface area contributed by atoms with Crippen LogP contribution < -0.4 is 0 Å². The molecule has 96 valence electrons. The second kappa shape index (κ2) is 5.14. The Labute approximate surface area is 117 Å². The number of pyridine rings is 1. The molecule has 0 fully saturated rings. The molecule has 0 spiro atoms. The highest BCUT2D eigenvalue weighted by atomic mass is 35.5. The zero-order chi connectivity index (χ0) is 13.2. The summed E-state index contributed by atoms with van der Waals surface area (Å²) < 4.78 is 0. The second-order valence-electron chi connectivity index (χ2n) is 4.89. The average Bonchev–Trinajstić information content (AvgIpc) is 2.47. The van der Waals surface area contributed by atoms with Crippen LogP contribution in [0.3, 0.4) is 0 Å². The van der Waals surface area contributed by atoms with E-state index in [1.165, 1.54) is 5.56 Å². The zero-order valence-electron chi connectivity index (χ0n) is 10.5. The lowest BCUT2D eigenvalue weighted by atomic mass is 9.82. The van der Waals surface area contributed by atoms with Crippen molar-refractivity contribution in [3.63, 3.8) is 0 Å². The fraction of sp³-hybridized carbons (Fsp3) is 0.250.